The van der Waals surface area contributed by atoms with E-state index in [1.54, 1.807) is 12.1 Å². The summed E-state index contributed by atoms with van der Waals surface area (Å²) >= 11 is 0. The summed E-state index contributed by atoms with van der Waals surface area (Å²) in [7, 11) is 0. The zero-order valence-corrected chi connectivity index (χ0v) is 11.6. The molecule has 0 saturated carbocycles. The van der Waals surface area contributed by atoms with Crippen molar-refractivity contribution in [2.24, 2.45) is 4.99 Å². The van der Waals surface area contributed by atoms with Gasteiger partial charge in [0.1, 0.15) is 12.4 Å². The Labute approximate surface area is 117 Å². The molecule has 102 valence electrons. The normalized spacial score (nSPS) is 16.6. The number of halogens is 1. The van der Waals surface area contributed by atoms with E-state index in [1.807, 2.05) is 38.1 Å². The Balaban J connectivity index is 2.08. The van der Waals surface area contributed by atoms with Gasteiger partial charge in [-0.15, -0.1) is 0 Å². The van der Waals surface area contributed by atoms with Crippen molar-refractivity contribution in [3.8, 4) is 11.1 Å². The van der Waals surface area contributed by atoms with Crippen LogP contribution in [0.15, 0.2) is 53.5 Å². The zero-order valence-electron chi connectivity index (χ0n) is 11.6. The van der Waals surface area contributed by atoms with Gasteiger partial charge in [0.2, 0.25) is 5.90 Å². The standard InChI is InChI=1S/C17H16FNO/c1-17(2)11-20-16(19-17)15-6-4-3-5-14(15)12-7-9-13(18)10-8-12/h3-10H,11H2,1-2H3. The largest absolute Gasteiger partial charge is 0.475 e. The van der Waals surface area contributed by atoms with Gasteiger partial charge >= 0.3 is 0 Å². The molecule has 1 heterocycles. The molecule has 0 spiro atoms. The van der Waals surface area contributed by atoms with Gasteiger partial charge in [-0.3, -0.25) is 0 Å². The van der Waals surface area contributed by atoms with E-state index in [9.17, 15) is 4.39 Å². The van der Waals surface area contributed by atoms with Gasteiger partial charge < -0.3 is 4.74 Å². The molecule has 20 heavy (non-hydrogen) atoms. The molecule has 3 rings (SSSR count). The second-order valence-electron chi connectivity index (χ2n) is 5.57. The summed E-state index contributed by atoms with van der Waals surface area (Å²) in [6.07, 6.45) is 0. The SMILES string of the molecule is CC1(C)COC(c2ccccc2-c2ccc(F)cc2)=N1. The van der Waals surface area contributed by atoms with E-state index in [1.165, 1.54) is 12.1 Å². The third kappa shape index (κ3) is 2.44. The third-order valence-corrected chi connectivity index (χ3v) is 3.28. The van der Waals surface area contributed by atoms with Crippen molar-refractivity contribution in [1.29, 1.82) is 0 Å². The lowest BCUT2D eigenvalue weighted by atomic mass is 9.99. The van der Waals surface area contributed by atoms with E-state index in [0.29, 0.717) is 12.5 Å². The molecule has 1 aliphatic heterocycles. The fourth-order valence-electron chi connectivity index (χ4n) is 2.27. The first kappa shape index (κ1) is 12.9. The van der Waals surface area contributed by atoms with E-state index < -0.39 is 0 Å². The second kappa shape index (κ2) is 4.75. The van der Waals surface area contributed by atoms with Gasteiger partial charge in [0.25, 0.3) is 0 Å². The lowest BCUT2D eigenvalue weighted by molar-refractivity contribution is 0.279. The first-order valence-electron chi connectivity index (χ1n) is 6.63. The minimum absolute atomic E-state index is 0.189. The van der Waals surface area contributed by atoms with Crippen molar-refractivity contribution in [2.45, 2.75) is 19.4 Å². The average Bonchev–Trinajstić information content (AvgIpc) is 2.80. The van der Waals surface area contributed by atoms with Gasteiger partial charge in [0, 0.05) is 5.56 Å². The Kier molecular flexibility index (Phi) is 3.05. The summed E-state index contributed by atoms with van der Waals surface area (Å²) in [6, 6.07) is 14.4. The third-order valence-electron chi connectivity index (χ3n) is 3.28. The van der Waals surface area contributed by atoms with E-state index >= 15 is 0 Å². The maximum atomic E-state index is 13.1. The number of hydrogen-bond donors (Lipinski definition) is 0. The summed E-state index contributed by atoms with van der Waals surface area (Å²) in [5.41, 5.74) is 2.72. The zero-order chi connectivity index (χ0) is 14.2. The average molecular weight is 269 g/mol. The predicted molar refractivity (Wildman–Crippen MR) is 78.4 cm³/mol. The Hall–Kier alpha value is -2.16. The first-order valence-corrected chi connectivity index (χ1v) is 6.63. The lowest BCUT2D eigenvalue weighted by Gasteiger charge is -2.09. The van der Waals surface area contributed by atoms with E-state index in [0.717, 1.165) is 16.7 Å². The van der Waals surface area contributed by atoms with Crippen LogP contribution in [-0.2, 0) is 4.74 Å². The highest BCUT2D eigenvalue weighted by molar-refractivity contribution is 6.01. The Morgan fingerprint density at radius 3 is 2.25 bits per heavy atom. The van der Waals surface area contributed by atoms with Crippen LogP contribution in [-0.4, -0.2) is 18.0 Å². The smallest absolute Gasteiger partial charge is 0.217 e. The maximum absolute atomic E-state index is 13.1. The van der Waals surface area contributed by atoms with Crippen LogP contribution in [0.1, 0.15) is 19.4 Å². The molecule has 2 aromatic rings. The number of aliphatic imine (C=N–C) groups is 1. The van der Waals surface area contributed by atoms with Gasteiger partial charge in [-0.25, -0.2) is 9.38 Å². The van der Waals surface area contributed by atoms with Gasteiger partial charge in [-0.2, -0.15) is 0 Å². The summed E-state index contributed by atoms with van der Waals surface area (Å²) in [5.74, 6) is 0.428. The molecule has 0 fully saturated rings. The predicted octanol–water partition coefficient (Wildman–Crippen LogP) is 4.05. The molecule has 3 heteroatoms. The van der Waals surface area contributed by atoms with Crippen molar-refractivity contribution in [1.82, 2.24) is 0 Å². The quantitative estimate of drug-likeness (QED) is 0.806. The number of benzene rings is 2. The number of hydrogen-bond acceptors (Lipinski definition) is 2. The molecule has 0 atom stereocenters. The Morgan fingerprint density at radius 1 is 1.00 bits per heavy atom. The van der Waals surface area contributed by atoms with E-state index in [4.69, 9.17) is 4.74 Å². The van der Waals surface area contributed by atoms with E-state index in [-0.39, 0.29) is 11.4 Å². The molecule has 0 unspecified atom stereocenters. The summed E-state index contributed by atoms with van der Waals surface area (Å²) in [5, 5.41) is 0. The van der Waals surface area contributed by atoms with Crippen LogP contribution < -0.4 is 0 Å². The van der Waals surface area contributed by atoms with Crippen LogP contribution in [0.25, 0.3) is 11.1 Å². The van der Waals surface area contributed by atoms with Crippen LogP contribution in [0.2, 0.25) is 0 Å². The molecule has 0 aromatic heterocycles. The molecule has 1 aliphatic rings. The van der Waals surface area contributed by atoms with Gasteiger partial charge in [0.15, 0.2) is 0 Å². The second-order valence-corrected chi connectivity index (χ2v) is 5.57. The topological polar surface area (TPSA) is 21.6 Å². The molecule has 2 nitrogen and oxygen atoms in total. The molecule has 0 radical (unpaired) electrons. The number of nitrogens with zero attached hydrogens (tertiary/aromatic N) is 1. The van der Waals surface area contributed by atoms with Crippen molar-refractivity contribution in [3.63, 3.8) is 0 Å². The van der Waals surface area contributed by atoms with Crippen molar-refractivity contribution in [2.75, 3.05) is 6.61 Å². The Morgan fingerprint density at radius 2 is 1.65 bits per heavy atom. The van der Waals surface area contributed by atoms with Crippen LogP contribution in [0.4, 0.5) is 4.39 Å². The van der Waals surface area contributed by atoms with Crippen LogP contribution in [0.3, 0.4) is 0 Å². The highest BCUT2D eigenvalue weighted by Gasteiger charge is 2.28. The van der Waals surface area contributed by atoms with Crippen molar-refractivity contribution < 1.29 is 9.13 Å². The summed E-state index contributed by atoms with van der Waals surface area (Å²) < 4.78 is 18.8. The van der Waals surface area contributed by atoms with E-state index in [2.05, 4.69) is 4.99 Å². The van der Waals surface area contributed by atoms with Crippen LogP contribution in [0, 0.1) is 5.82 Å². The van der Waals surface area contributed by atoms with Gasteiger partial charge in [-0.1, -0.05) is 30.3 Å². The minimum atomic E-state index is -0.234. The molecule has 0 N–H and O–H groups in total. The van der Waals surface area contributed by atoms with Crippen molar-refractivity contribution >= 4 is 5.90 Å². The molecule has 0 bridgehead atoms. The highest BCUT2D eigenvalue weighted by Crippen LogP contribution is 2.28. The van der Waals surface area contributed by atoms with Gasteiger partial charge in [-0.05, 0) is 43.2 Å². The Bertz CT molecular complexity index is 659. The summed E-state index contributed by atoms with van der Waals surface area (Å²) in [6.45, 7) is 4.67. The maximum Gasteiger partial charge on any atom is 0.217 e. The summed E-state index contributed by atoms with van der Waals surface area (Å²) in [4.78, 5) is 4.61. The molecule has 0 aliphatic carbocycles. The molecule has 0 amide bonds. The molecule has 2 aromatic carbocycles. The first-order chi connectivity index (χ1) is 9.55. The van der Waals surface area contributed by atoms with Gasteiger partial charge in [0.05, 0.1) is 5.54 Å². The number of ether oxygens (including phenoxy) is 1. The van der Waals surface area contributed by atoms with Crippen molar-refractivity contribution in [3.05, 3.63) is 59.9 Å². The highest BCUT2D eigenvalue weighted by atomic mass is 19.1. The molecular weight excluding hydrogens is 253 g/mol. The van der Waals surface area contributed by atoms with Crippen LogP contribution in [0.5, 0.6) is 0 Å². The number of rotatable bonds is 2. The monoisotopic (exact) mass is 269 g/mol. The fourth-order valence-corrected chi connectivity index (χ4v) is 2.27. The fraction of sp³-hybridized carbons (Fsp3) is 0.235. The molecular formula is C17H16FNO. The lowest BCUT2D eigenvalue weighted by Crippen LogP contribution is -2.17. The molecule has 0 saturated heterocycles. The van der Waals surface area contributed by atoms with Crippen LogP contribution >= 0.6 is 0 Å². The minimum Gasteiger partial charge on any atom is -0.475 e.